The van der Waals surface area contributed by atoms with Crippen LogP contribution in [-0.4, -0.2) is 4.98 Å². The van der Waals surface area contributed by atoms with Gasteiger partial charge in [0, 0.05) is 17.7 Å². The summed E-state index contributed by atoms with van der Waals surface area (Å²) in [6.07, 6.45) is 9.87. The minimum Gasteiger partial charge on any atom is -0.256 e. The van der Waals surface area contributed by atoms with Gasteiger partial charge in [0.15, 0.2) is 0 Å². The van der Waals surface area contributed by atoms with Crippen molar-refractivity contribution in [2.45, 2.75) is 38.5 Å². The average Bonchev–Trinajstić information content (AvgIpc) is 3.23. The molecule has 1 nitrogen and oxygen atoms in total. The Morgan fingerprint density at radius 3 is 2.50 bits per heavy atom. The van der Waals surface area contributed by atoms with Gasteiger partial charge in [-0.25, -0.2) is 0 Å². The van der Waals surface area contributed by atoms with Crippen LogP contribution in [0.2, 0.25) is 0 Å². The van der Waals surface area contributed by atoms with Gasteiger partial charge in [-0.05, 0) is 91.0 Å². The van der Waals surface area contributed by atoms with E-state index in [0.29, 0.717) is 5.92 Å². The molecule has 0 spiro atoms. The number of rotatable bonds is 2. The highest BCUT2D eigenvalue weighted by Gasteiger charge is 2.30. The quantitative estimate of drug-likeness (QED) is 0.254. The smallest absolute Gasteiger partial charge is 0.0708 e. The van der Waals surface area contributed by atoms with Crippen molar-refractivity contribution in [3.05, 3.63) is 120 Å². The zero-order chi connectivity index (χ0) is 24.4. The third kappa shape index (κ3) is 3.19. The highest BCUT2D eigenvalue weighted by Crippen LogP contribution is 2.51. The number of pyridine rings is 1. The SMILES string of the molecule is CC(C)(C)c1cc(-c2cc(-c3ccc4c5c(cccc35)C3CC=CC=C43)ccn2)cc2ccccc12. The first-order chi connectivity index (χ1) is 17.5. The minimum absolute atomic E-state index is 0.0469. The van der Waals surface area contributed by atoms with E-state index in [4.69, 9.17) is 4.98 Å². The molecule has 7 rings (SSSR count). The van der Waals surface area contributed by atoms with Gasteiger partial charge in [-0.2, -0.15) is 0 Å². The number of benzene rings is 4. The highest BCUT2D eigenvalue weighted by molar-refractivity contribution is 6.09. The molecule has 0 bridgehead atoms. The molecule has 5 aromatic rings. The topological polar surface area (TPSA) is 12.9 Å². The highest BCUT2D eigenvalue weighted by atomic mass is 14.7. The second-order valence-electron chi connectivity index (χ2n) is 11.2. The van der Waals surface area contributed by atoms with Gasteiger partial charge in [-0.3, -0.25) is 4.98 Å². The first-order valence-electron chi connectivity index (χ1n) is 12.9. The fourth-order valence-electron chi connectivity index (χ4n) is 6.25. The van der Waals surface area contributed by atoms with Gasteiger partial charge in [0.05, 0.1) is 5.69 Å². The Bertz CT molecular complexity index is 1740. The Morgan fingerprint density at radius 1 is 0.778 bits per heavy atom. The lowest BCUT2D eigenvalue weighted by molar-refractivity contribution is 0.596. The normalized spacial score (nSPS) is 16.4. The number of hydrogen-bond acceptors (Lipinski definition) is 1. The molecular formula is C35H29N. The van der Waals surface area contributed by atoms with Crippen LogP contribution in [0.4, 0.5) is 0 Å². The van der Waals surface area contributed by atoms with Gasteiger partial charge in [0.25, 0.3) is 0 Å². The van der Waals surface area contributed by atoms with E-state index in [1.54, 1.807) is 0 Å². The number of aromatic nitrogens is 1. The number of hydrogen-bond donors (Lipinski definition) is 0. The van der Waals surface area contributed by atoms with E-state index < -0.39 is 0 Å². The second-order valence-corrected chi connectivity index (χ2v) is 11.2. The summed E-state index contributed by atoms with van der Waals surface area (Å²) in [5.74, 6) is 0.491. The molecule has 1 heterocycles. The van der Waals surface area contributed by atoms with Gasteiger partial charge in [0.2, 0.25) is 0 Å². The molecule has 0 fully saturated rings. The van der Waals surface area contributed by atoms with Gasteiger partial charge >= 0.3 is 0 Å². The van der Waals surface area contributed by atoms with Crippen LogP contribution in [0, 0.1) is 0 Å². The average molecular weight is 464 g/mol. The molecule has 1 atom stereocenters. The molecule has 174 valence electrons. The van der Waals surface area contributed by atoms with Gasteiger partial charge < -0.3 is 0 Å². The molecule has 1 aromatic heterocycles. The maximum Gasteiger partial charge on any atom is 0.0708 e. The van der Waals surface area contributed by atoms with Crippen molar-refractivity contribution in [1.29, 1.82) is 0 Å². The molecule has 1 heteroatoms. The first-order valence-corrected chi connectivity index (χ1v) is 12.9. The van der Waals surface area contributed by atoms with Crippen LogP contribution in [0.5, 0.6) is 0 Å². The van der Waals surface area contributed by atoms with E-state index in [2.05, 4.69) is 118 Å². The molecule has 0 saturated carbocycles. The Hall–Kier alpha value is -3.97. The number of allylic oxidation sites excluding steroid dienone is 4. The third-order valence-electron chi connectivity index (χ3n) is 7.95. The van der Waals surface area contributed by atoms with E-state index in [1.165, 1.54) is 60.5 Å². The van der Waals surface area contributed by atoms with Crippen molar-refractivity contribution in [2.24, 2.45) is 0 Å². The summed E-state index contributed by atoms with van der Waals surface area (Å²) in [5.41, 5.74) is 10.4. The van der Waals surface area contributed by atoms with Gasteiger partial charge in [-0.1, -0.05) is 93.6 Å². The maximum absolute atomic E-state index is 4.83. The van der Waals surface area contributed by atoms with E-state index in [-0.39, 0.29) is 5.41 Å². The summed E-state index contributed by atoms with van der Waals surface area (Å²) in [6, 6.07) is 29.2. The largest absolute Gasteiger partial charge is 0.256 e. The molecule has 4 aromatic carbocycles. The van der Waals surface area contributed by atoms with Crippen LogP contribution in [0.3, 0.4) is 0 Å². The van der Waals surface area contributed by atoms with Crippen LogP contribution in [0.25, 0.3) is 49.5 Å². The predicted molar refractivity (Wildman–Crippen MR) is 153 cm³/mol. The minimum atomic E-state index is 0.0469. The summed E-state index contributed by atoms with van der Waals surface area (Å²) < 4.78 is 0. The summed E-state index contributed by atoms with van der Waals surface area (Å²) in [7, 11) is 0. The fourth-order valence-corrected chi connectivity index (χ4v) is 6.25. The van der Waals surface area contributed by atoms with Gasteiger partial charge in [-0.15, -0.1) is 0 Å². The van der Waals surface area contributed by atoms with Crippen molar-refractivity contribution in [2.75, 3.05) is 0 Å². The molecule has 0 N–H and O–H groups in total. The van der Waals surface area contributed by atoms with E-state index in [1.807, 2.05) is 6.20 Å². The van der Waals surface area contributed by atoms with Crippen molar-refractivity contribution >= 4 is 27.1 Å². The van der Waals surface area contributed by atoms with Crippen LogP contribution in [-0.2, 0) is 5.41 Å². The molecule has 0 amide bonds. The van der Waals surface area contributed by atoms with Crippen molar-refractivity contribution in [3.8, 4) is 22.4 Å². The zero-order valence-corrected chi connectivity index (χ0v) is 21.0. The van der Waals surface area contributed by atoms with Crippen molar-refractivity contribution in [1.82, 2.24) is 4.98 Å². The van der Waals surface area contributed by atoms with Crippen molar-refractivity contribution < 1.29 is 0 Å². The van der Waals surface area contributed by atoms with Crippen LogP contribution in [0.1, 0.15) is 49.8 Å². The van der Waals surface area contributed by atoms with E-state index in [9.17, 15) is 0 Å². The summed E-state index contributed by atoms with van der Waals surface area (Å²) in [4.78, 5) is 4.83. The Labute approximate surface area is 212 Å². The Morgan fingerprint density at radius 2 is 1.61 bits per heavy atom. The Kier molecular flexibility index (Phi) is 4.60. The maximum atomic E-state index is 4.83. The van der Waals surface area contributed by atoms with E-state index in [0.717, 1.165) is 12.1 Å². The van der Waals surface area contributed by atoms with Crippen molar-refractivity contribution in [3.63, 3.8) is 0 Å². The molecular weight excluding hydrogens is 434 g/mol. The van der Waals surface area contributed by atoms with Crippen LogP contribution in [0.15, 0.2) is 103 Å². The predicted octanol–water partition coefficient (Wildman–Crippen LogP) is 9.46. The molecule has 2 aliphatic rings. The first kappa shape index (κ1) is 21.3. The summed E-state index contributed by atoms with van der Waals surface area (Å²) >= 11 is 0. The molecule has 0 saturated heterocycles. The Balaban J connectivity index is 1.40. The number of fused-ring (bicyclic) bond motifs is 4. The molecule has 1 unspecified atom stereocenters. The van der Waals surface area contributed by atoms with E-state index >= 15 is 0 Å². The molecule has 0 aliphatic heterocycles. The second kappa shape index (κ2) is 7.77. The molecule has 36 heavy (non-hydrogen) atoms. The zero-order valence-electron chi connectivity index (χ0n) is 21.0. The van der Waals surface area contributed by atoms with Crippen LogP contribution < -0.4 is 0 Å². The lowest BCUT2D eigenvalue weighted by atomic mass is 9.82. The standard InChI is InChI=1S/C35H29N/c1-35(2,3)32-20-24(19-22-9-4-5-10-26(22)32)33-21-23(17-18-36-33)25-15-16-31-28-12-7-6-11-27(28)30-14-8-13-29(25)34(30)31/h4-10,12-21,27H,11H2,1-3H3. The summed E-state index contributed by atoms with van der Waals surface area (Å²) in [5, 5.41) is 5.35. The lowest BCUT2D eigenvalue weighted by Gasteiger charge is -2.22. The van der Waals surface area contributed by atoms with Gasteiger partial charge in [0.1, 0.15) is 0 Å². The number of nitrogens with zero attached hydrogens (tertiary/aromatic N) is 1. The molecule has 2 aliphatic carbocycles. The van der Waals surface area contributed by atoms with Crippen LogP contribution >= 0.6 is 0 Å². The lowest BCUT2D eigenvalue weighted by Crippen LogP contribution is -2.12. The third-order valence-corrected chi connectivity index (χ3v) is 7.95. The molecule has 0 radical (unpaired) electrons. The summed E-state index contributed by atoms with van der Waals surface area (Å²) in [6.45, 7) is 6.87. The monoisotopic (exact) mass is 463 g/mol. The fraction of sp³-hybridized carbons (Fsp3) is 0.171.